The van der Waals surface area contributed by atoms with Crippen molar-refractivity contribution in [3.63, 3.8) is 0 Å². The summed E-state index contributed by atoms with van der Waals surface area (Å²) in [7, 11) is 1.49. The van der Waals surface area contributed by atoms with Crippen LogP contribution >= 0.6 is 0 Å². The molecule has 7 heteroatoms. The van der Waals surface area contributed by atoms with Crippen LogP contribution in [0.2, 0.25) is 0 Å². The third kappa shape index (κ3) is 2.45. The van der Waals surface area contributed by atoms with Gasteiger partial charge in [-0.05, 0) is 18.2 Å². The van der Waals surface area contributed by atoms with Crippen molar-refractivity contribution in [3.05, 3.63) is 24.1 Å². The van der Waals surface area contributed by atoms with Gasteiger partial charge in [0.1, 0.15) is 6.04 Å². The molecule has 1 aromatic heterocycles. The third-order valence-electron chi connectivity index (χ3n) is 3.10. The lowest BCUT2D eigenvalue weighted by Crippen LogP contribution is -2.34. The molecule has 106 valence electrons. The fraction of sp³-hybridized carbons (Fsp3) is 0.385. The van der Waals surface area contributed by atoms with Gasteiger partial charge in [0, 0.05) is 12.1 Å². The molecule has 0 amide bonds. The maximum absolute atomic E-state index is 9.58. The van der Waals surface area contributed by atoms with Crippen LogP contribution in [0.1, 0.15) is 11.9 Å². The minimum atomic E-state index is -0.0796. The molecule has 1 fully saturated rings. The standard InChI is InChI=1S/C13H15N3O4/c1-18-11-6-8(2-3-10(11)17)12-15-13(20-16-12)9-7-19-5-4-14-9/h2-3,6,9,14,17H,4-5,7H2,1H3. The fourth-order valence-electron chi connectivity index (χ4n) is 2.03. The zero-order valence-corrected chi connectivity index (χ0v) is 11.0. The minimum absolute atomic E-state index is 0.0716. The van der Waals surface area contributed by atoms with Crippen LogP contribution in [0.15, 0.2) is 22.7 Å². The number of phenolic OH excluding ortho intramolecular Hbond substituents is 1. The number of rotatable bonds is 3. The maximum Gasteiger partial charge on any atom is 0.246 e. The molecule has 1 aromatic carbocycles. The SMILES string of the molecule is COc1cc(-c2noc(C3COCCN3)n2)ccc1O. The van der Waals surface area contributed by atoms with Gasteiger partial charge in [-0.3, -0.25) is 0 Å². The van der Waals surface area contributed by atoms with Gasteiger partial charge in [-0.15, -0.1) is 0 Å². The van der Waals surface area contributed by atoms with E-state index in [2.05, 4.69) is 15.5 Å². The van der Waals surface area contributed by atoms with Gasteiger partial charge in [0.2, 0.25) is 11.7 Å². The highest BCUT2D eigenvalue weighted by Gasteiger charge is 2.22. The first kappa shape index (κ1) is 12.9. The summed E-state index contributed by atoms with van der Waals surface area (Å²) < 4.78 is 15.7. The molecule has 2 aromatic rings. The van der Waals surface area contributed by atoms with E-state index in [1.165, 1.54) is 13.2 Å². The lowest BCUT2D eigenvalue weighted by atomic mass is 10.2. The number of nitrogens with zero attached hydrogens (tertiary/aromatic N) is 2. The topological polar surface area (TPSA) is 89.6 Å². The molecule has 0 bridgehead atoms. The molecule has 2 N–H and O–H groups in total. The van der Waals surface area contributed by atoms with Gasteiger partial charge < -0.3 is 24.4 Å². The molecule has 7 nitrogen and oxygen atoms in total. The number of benzene rings is 1. The first-order valence-electron chi connectivity index (χ1n) is 6.30. The Labute approximate surface area is 115 Å². The first-order valence-corrected chi connectivity index (χ1v) is 6.30. The Bertz CT molecular complexity index is 593. The Morgan fingerprint density at radius 3 is 3.10 bits per heavy atom. The quantitative estimate of drug-likeness (QED) is 0.868. The molecule has 0 spiro atoms. The van der Waals surface area contributed by atoms with Gasteiger partial charge in [0.05, 0.1) is 20.3 Å². The summed E-state index contributed by atoms with van der Waals surface area (Å²) >= 11 is 0. The van der Waals surface area contributed by atoms with Crippen LogP contribution in [0.3, 0.4) is 0 Å². The molecule has 1 aliphatic heterocycles. The van der Waals surface area contributed by atoms with Crippen molar-refractivity contribution < 1.29 is 19.1 Å². The van der Waals surface area contributed by atoms with Crippen LogP contribution < -0.4 is 10.1 Å². The number of phenols is 1. The minimum Gasteiger partial charge on any atom is -0.504 e. The van der Waals surface area contributed by atoms with Crippen LogP contribution in [0, 0.1) is 0 Å². The lowest BCUT2D eigenvalue weighted by Gasteiger charge is -2.20. The van der Waals surface area contributed by atoms with E-state index >= 15 is 0 Å². The number of aromatic hydroxyl groups is 1. The van der Waals surface area contributed by atoms with E-state index in [0.717, 1.165) is 6.54 Å². The molecule has 2 heterocycles. The summed E-state index contributed by atoms with van der Waals surface area (Å²) in [6.45, 7) is 1.96. The highest BCUT2D eigenvalue weighted by Crippen LogP contribution is 2.30. The Hall–Kier alpha value is -2.12. The summed E-state index contributed by atoms with van der Waals surface area (Å²) in [6, 6.07) is 4.82. The zero-order chi connectivity index (χ0) is 13.9. The third-order valence-corrected chi connectivity index (χ3v) is 3.10. The van der Waals surface area contributed by atoms with Gasteiger partial charge in [0.25, 0.3) is 0 Å². The van der Waals surface area contributed by atoms with E-state index in [1.54, 1.807) is 12.1 Å². The normalized spacial score (nSPS) is 18.9. The van der Waals surface area contributed by atoms with Crippen molar-refractivity contribution >= 4 is 0 Å². The van der Waals surface area contributed by atoms with Gasteiger partial charge in [-0.25, -0.2) is 0 Å². The van der Waals surface area contributed by atoms with Gasteiger partial charge in [-0.1, -0.05) is 5.16 Å². The molecular weight excluding hydrogens is 262 g/mol. The zero-order valence-electron chi connectivity index (χ0n) is 11.0. The predicted octanol–water partition coefficient (Wildman–Crippen LogP) is 1.11. The first-order chi connectivity index (χ1) is 9.78. The molecule has 1 saturated heterocycles. The Morgan fingerprint density at radius 1 is 1.45 bits per heavy atom. The number of ether oxygens (including phenoxy) is 2. The maximum atomic E-state index is 9.58. The summed E-state index contributed by atoms with van der Waals surface area (Å²) in [5.74, 6) is 1.38. The molecular formula is C13H15N3O4. The Kier molecular flexibility index (Phi) is 3.53. The fourth-order valence-corrected chi connectivity index (χ4v) is 2.03. The van der Waals surface area contributed by atoms with E-state index < -0.39 is 0 Å². The van der Waals surface area contributed by atoms with Crippen molar-refractivity contribution in [1.82, 2.24) is 15.5 Å². The smallest absolute Gasteiger partial charge is 0.246 e. The summed E-state index contributed by atoms with van der Waals surface area (Å²) in [4.78, 5) is 4.35. The molecule has 0 saturated carbocycles. The van der Waals surface area contributed by atoms with Crippen molar-refractivity contribution in [2.75, 3.05) is 26.9 Å². The van der Waals surface area contributed by atoms with Crippen LogP contribution in [0.25, 0.3) is 11.4 Å². The second kappa shape index (κ2) is 5.48. The highest BCUT2D eigenvalue weighted by molar-refractivity contribution is 5.60. The van der Waals surface area contributed by atoms with Crippen molar-refractivity contribution in [1.29, 1.82) is 0 Å². The summed E-state index contributed by atoms with van der Waals surface area (Å²) in [6.07, 6.45) is 0. The van der Waals surface area contributed by atoms with Crippen LogP contribution in [0.5, 0.6) is 11.5 Å². The lowest BCUT2D eigenvalue weighted by molar-refractivity contribution is 0.0659. The van der Waals surface area contributed by atoms with Gasteiger partial charge in [0.15, 0.2) is 11.5 Å². The van der Waals surface area contributed by atoms with E-state index in [9.17, 15) is 5.11 Å². The molecule has 1 unspecified atom stereocenters. The van der Waals surface area contributed by atoms with Crippen molar-refractivity contribution in [2.45, 2.75) is 6.04 Å². The van der Waals surface area contributed by atoms with E-state index in [0.29, 0.717) is 36.2 Å². The average molecular weight is 277 g/mol. The van der Waals surface area contributed by atoms with E-state index in [1.807, 2.05) is 0 Å². The number of nitrogens with one attached hydrogen (secondary N) is 1. The molecule has 20 heavy (non-hydrogen) atoms. The number of methoxy groups -OCH3 is 1. The van der Waals surface area contributed by atoms with Gasteiger partial charge in [-0.2, -0.15) is 4.98 Å². The number of hydrogen-bond donors (Lipinski definition) is 2. The second-order valence-electron chi connectivity index (χ2n) is 4.42. The van der Waals surface area contributed by atoms with Crippen molar-refractivity contribution in [2.24, 2.45) is 0 Å². The Balaban J connectivity index is 1.85. The van der Waals surface area contributed by atoms with Crippen LogP contribution in [-0.4, -0.2) is 42.1 Å². The van der Waals surface area contributed by atoms with Crippen molar-refractivity contribution in [3.8, 4) is 22.9 Å². The van der Waals surface area contributed by atoms with Crippen LogP contribution in [0.4, 0.5) is 0 Å². The highest BCUT2D eigenvalue weighted by atomic mass is 16.5. The number of hydrogen-bond acceptors (Lipinski definition) is 7. The van der Waals surface area contributed by atoms with Gasteiger partial charge >= 0.3 is 0 Å². The van der Waals surface area contributed by atoms with Crippen LogP contribution in [-0.2, 0) is 4.74 Å². The molecule has 0 radical (unpaired) electrons. The number of aromatic nitrogens is 2. The summed E-state index contributed by atoms with van der Waals surface area (Å²) in [5, 5.41) is 16.8. The average Bonchev–Trinajstić information content (AvgIpc) is 2.98. The molecule has 0 aliphatic carbocycles. The largest absolute Gasteiger partial charge is 0.504 e. The molecule has 1 aliphatic rings. The predicted molar refractivity (Wildman–Crippen MR) is 69.5 cm³/mol. The monoisotopic (exact) mass is 277 g/mol. The summed E-state index contributed by atoms with van der Waals surface area (Å²) in [5.41, 5.74) is 0.714. The second-order valence-corrected chi connectivity index (χ2v) is 4.42. The molecule has 1 atom stereocenters. The van der Waals surface area contributed by atoms with E-state index in [-0.39, 0.29) is 11.8 Å². The van der Waals surface area contributed by atoms with E-state index in [4.69, 9.17) is 14.0 Å². The molecule has 3 rings (SSSR count). The Morgan fingerprint density at radius 2 is 2.35 bits per heavy atom. The number of morpholine rings is 1.